The summed E-state index contributed by atoms with van der Waals surface area (Å²) in [5, 5.41) is 6.39. The monoisotopic (exact) mass is 496 g/mol. The number of para-hydroxylation sites is 1. The van der Waals surface area contributed by atoms with E-state index < -0.39 is 5.54 Å². The van der Waals surface area contributed by atoms with Gasteiger partial charge in [0.2, 0.25) is 11.8 Å². The van der Waals surface area contributed by atoms with Crippen LogP contribution in [0.4, 0.5) is 5.82 Å². The molecule has 1 aliphatic rings. The lowest BCUT2D eigenvalue weighted by Crippen LogP contribution is -2.53. The highest BCUT2D eigenvalue weighted by Gasteiger charge is 2.35. The van der Waals surface area contributed by atoms with E-state index in [4.69, 9.17) is 10.5 Å². The van der Waals surface area contributed by atoms with Crippen molar-refractivity contribution in [2.45, 2.75) is 31.8 Å². The second kappa shape index (κ2) is 9.77. The summed E-state index contributed by atoms with van der Waals surface area (Å²) in [6.07, 6.45) is 4.00. The number of hydrogen-bond acceptors (Lipinski definition) is 6. The van der Waals surface area contributed by atoms with Crippen LogP contribution in [0, 0.1) is 0 Å². The van der Waals surface area contributed by atoms with E-state index in [0.717, 1.165) is 45.4 Å². The molecule has 9 heteroatoms. The van der Waals surface area contributed by atoms with Gasteiger partial charge in [0.1, 0.15) is 29.3 Å². The van der Waals surface area contributed by atoms with E-state index in [9.17, 15) is 9.59 Å². The minimum atomic E-state index is -0.528. The number of ether oxygens (including phenoxy) is 1. The second-order valence-electron chi connectivity index (χ2n) is 9.34. The Labute approximate surface area is 214 Å². The molecular formula is C28H28N6O3. The van der Waals surface area contributed by atoms with Gasteiger partial charge in [0.15, 0.2) is 0 Å². The number of nitrogens with zero attached hydrogens (tertiary/aromatic N) is 3. The zero-order valence-electron chi connectivity index (χ0n) is 20.5. The molecule has 0 saturated carbocycles. The molecule has 3 heterocycles. The van der Waals surface area contributed by atoms with Crippen LogP contribution in [0.1, 0.15) is 19.0 Å². The number of fused-ring (bicyclic) bond motifs is 3. The topological polar surface area (TPSA) is 124 Å². The number of aromatic nitrogens is 3. The summed E-state index contributed by atoms with van der Waals surface area (Å²) >= 11 is 0. The SMILES string of the molecule is C=CC(=O)NCC(=O)N[C@@]1(C)CCc2c(-c3ccc(Oc4ccccc4)cc3)c3c(N)ncnc3n2C1. The minimum Gasteiger partial charge on any atom is -0.457 e. The van der Waals surface area contributed by atoms with Gasteiger partial charge in [-0.15, -0.1) is 0 Å². The van der Waals surface area contributed by atoms with Gasteiger partial charge in [-0.2, -0.15) is 0 Å². The Morgan fingerprint density at radius 2 is 1.86 bits per heavy atom. The molecule has 0 saturated heterocycles. The molecule has 1 atom stereocenters. The average molecular weight is 497 g/mol. The number of nitrogens with one attached hydrogen (secondary N) is 2. The Morgan fingerprint density at radius 1 is 1.14 bits per heavy atom. The molecule has 0 fully saturated rings. The standard InChI is InChI=1S/C28H28N6O3/c1-3-22(35)30-15-23(36)33-28(2)14-13-21-24(25-26(29)31-17-32-27(25)34(21)16-28)18-9-11-20(12-10-18)37-19-7-5-4-6-8-19/h3-12,17H,1,13-16H2,2H3,(H,30,35)(H,33,36)(H2,29,31,32)/t28-/m0/s1. The molecular weight excluding hydrogens is 468 g/mol. The van der Waals surface area contributed by atoms with Crippen molar-refractivity contribution in [3.05, 3.63) is 79.3 Å². The first kappa shape index (κ1) is 24.1. The Kier molecular flexibility index (Phi) is 6.35. The van der Waals surface area contributed by atoms with Gasteiger partial charge in [-0.1, -0.05) is 36.9 Å². The lowest BCUT2D eigenvalue weighted by molar-refractivity contribution is -0.125. The fourth-order valence-corrected chi connectivity index (χ4v) is 4.84. The van der Waals surface area contributed by atoms with Crippen molar-refractivity contribution in [2.75, 3.05) is 12.3 Å². The van der Waals surface area contributed by atoms with E-state index in [2.05, 4.69) is 31.7 Å². The summed E-state index contributed by atoms with van der Waals surface area (Å²) in [6, 6.07) is 17.5. The molecule has 0 unspecified atom stereocenters. The normalized spacial score (nSPS) is 16.6. The highest BCUT2D eigenvalue weighted by atomic mass is 16.5. The molecule has 188 valence electrons. The van der Waals surface area contributed by atoms with Gasteiger partial charge in [-0.25, -0.2) is 9.97 Å². The number of amides is 2. The van der Waals surface area contributed by atoms with Crippen LogP contribution in [-0.4, -0.2) is 38.4 Å². The first-order chi connectivity index (χ1) is 17.9. The zero-order valence-corrected chi connectivity index (χ0v) is 20.5. The summed E-state index contributed by atoms with van der Waals surface area (Å²) in [6.45, 7) is 5.79. The van der Waals surface area contributed by atoms with E-state index in [1.165, 1.54) is 6.33 Å². The maximum absolute atomic E-state index is 12.5. The van der Waals surface area contributed by atoms with Crippen LogP contribution >= 0.6 is 0 Å². The van der Waals surface area contributed by atoms with Gasteiger partial charge in [0, 0.05) is 17.8 Å². The second-order valence-corrected chi connectivity index (χ2v) is 9.34. The van der Waals surface area contributed by atoms with E-state index in [-0.39, 0.29) is 18.4 Å². The average Bonchev–Trinajstić information content (AvgIpc) is 3.22. The maximum atomic E-state index is 12.5. The van der Waals surface area contributed by atoms with Crippen molar-refractivity contribution >= 4 is 28.7 Å². The van der Waals surface area contributed by atoms with Crippen LogP contribution in [0.2, 0.25) is 0 Å². The molecule has 0 bridgehead atoms. The van der Waals surface area contributed by atoms with E-state index >= 15 is 0 Å². The van der Waals surface area contributed by atoms with Gasteiger partial charge in [-0.05, 0) is 55.7 Å². The largest absolute Gasteiger partial charge is 0.457 e. The first-order valence-electron chi connectivity index (χ1n) is 12.0. The predicted octanol–water partition coefficient (Wildman–Crippen LogP) is 3.60. The Morgan fingerprint density at radius 3 is 2.59 bits per heavy atom. The van der Waals surface area contributed by atoms with Crippen LogP contribution in [0.5, 0.6) is 11.5 Å². The highest BCUT2D eigenvalue weighted by molar-refractivity contribution is 6.02. The molecule has 2 amide bonds. The molecule has 4 aromatic rings. The van der Waals surface area contributed by atoms with Crippen molar-refractivity contribution < 1.29 is 14.3 Å². The van der Waals surface area contributed by atoms with Crippen LogP contribution in [0.3, 0.4) is 0 Å². The van der Waals surface area contributed by atoms with Crippen LogP contribution < -0.4 is 21.1 Å². The Balaban J connectivity index is 1.45. The summed E-state index contributed by atoms with van der Waals surface area (Å²) in [7, 11) is 0. The number of anilines is 1. The summed E-state index contributed by atoms with van der Waals surface area (Å²) in [4.78, 5) is 32.8. The van der Waals surface area contributed by atoms with E-state index in [0.29, 0.717) is 25.2 Å². The third kappa shape index (κ3) is 4.88. The first-order valence-corrected chi connectivity index (χ1v) is 12.0. The van der Waals surface area contributed by atoms with Gasteiger partial charge >= 0.3 is 0 Å². The summed E-state index contributed by atoms with van der Waals surface area (Å²) in [5.74, 6) is 1.25. The maximum Gasteiger partial charge on any atom is 0.243 e. The number of benzene rings is 2. The third-order valence-corrected chi connectivity index (χ3v) is 6.57. The van der Waals surface area contributed by atoms with E-state index in [1.807, 2.05) is 61.5 Å². The lowest BCUT2D eigenvalue weighted by Gasteiger charge is -2.36. The molecule has 0 radical (unpaired) electrons. The minimum absolute atomic E-state index is 0.114. The molecule has 1 aliphatic heterocycles. The fourth-order valence-electron chi connectivity index (χ4n) is 4.84. The Bertz CT molecular complexity index is 1480. The van der Waals surface area contributed by atoms with Gasteiger partial charge in [-0.3, -0.25) is 9.59 Å². The smallest absolute Gasteiger partial charge is 0.243 e. The fraction of sp³-hybridized carbons (Fsp3) is 0.214. The number of nitrogen functional groups attached to an aromatic ring is 1. The van der Waals surface area contributed by atoms with Crippen LogP contribution in [-0.2, 0) is 22.6 Å². The molecule has 4 N–H and O–H groups in total. The van der Waals surface area contributed by atoms with Crippen molar-refractivity contribution in [1.82, 2.24) is 25.2 Å². The van der Waals surface area contributed by atoms with E-state index in [1.54, 1.807) is 0 Å². The van der Waals surface area contributed by atoms with Crippen LogP contribution in [0.25, 0.3) is 22.2 Å². The summed E-state index contributed by atoms with van der Waals surface area (Å²) in [5.41, 5.74) is 9.62. The summed E-state index contributed by atoms with van der Waals surface area (Å²) < 4.78 is 8.07. The molecule has 9 nitrogen and oxygen atoms in total. The van der Waals surface area contributed by atoms with Crippen molar-refractivity contribution in [3.8, 4) is 22.6 Å². The number of carbonyl (C=O) groups is 2. The molecule has 0 aliphatic carbocycles. The molecule has 2 aromatic heterocycles. The zero-order chi connectivity index (χ0) is 26.0. The third-order valence-electron chi connectivity index (χ3n) is 6.57. The van der Waals surface area contributed by atoms with Crippen molar-refractivity contribution in [1.29, 1.82) is 0 Å². The number of rotatable bonds is 7. The Hall–Kier alpha value is -4.66. The van der Waals surface area contributed by atoms with Crippen molar-refractivity contribution in [3.63, 3.8) is 0 Å². The molecule has 0 spiro atoms. The number of nitrogens with two attached hydrogens (primary N) is 1. The van der Waals surface area contributed by atoms with Gasteiger partial charge in [0.25, 0.3) is 0 Å². The lowest BCUT2D eigenvalue weighted by atomic mass is 9.89. The van der Waals surface area contributed by atoms with Crippen LogP contribution in [0.15, 0.2) is 73.6 Å². The highest BCUT2D eigenvalue weighted by Crippen LogP contribution is 2.41. The molecule has 5 rings (SSSR count). The quantitative estimate of drug-likeness (QED) is 0.336. The number of carbonyl (C=O) groups excluding carboxylic acids is 2. The van der Waals surface area contributed by atoms with Crippen molar-refractivity contribution in [2.24, 2.45) is 0 Å². The number of hydrogen-bond donors (Lipinski definition) is 3. The van der Waals surface area contributed by atoms with Gasteiger partial charge < -0.3 is 25.7 Å². The predicted molar refractivity (Wildman–Crippen MR) is 142 cm³/mol. The molecule has 2 aromatic carbocycles. The molecule has 37 heavy (non-hydrogen) atoms. The van der Waals surface area contributed by atoms with Gasteiger partial charge in [0.05, 0.1) is 17.5 Å².